The van der Waals surface area contributed by atoms with Crippen molar-refractivity contribution >= 4 is 23.1 Å². The van der Waals surface area contributed by atoms with Crippen LogP contribution in [0.4, 0.5) is 5.82 Å². The van der Waals surface area contributed by atoms with Crippen LogP contribution >= 0.6 is 11.3 Å². The van der Waals surface area contributed by atoms with Gasteiger partial charge in [0.1, 0.15) is 12.1 Å². The van der Waals surface area contributed by atoms with Gasteiger partial charge in [0.05, 0.1) is 6.04 Å². The molecule has 0 bridgehead atoms. The number of nitrogens with zero attached hydrogens (tertiary/aromatic N) is 3. The number of hydrogen-bond acceptors (Lipinski definition) is 5. The van der Waals surface area contributed by atoms with Gasteiger partial charge in [0.15, 0.2) is 0 Å². The Labute approximate surface area is 128 Å². The molecular formula is C15H18N4OS. The molecular weight excluding hydrogens is 284 g/mol. The van der Waals surface area contributed by atoms with Crippen LogP contribution in [0.15, 0.2) is 30.0 Å². The molecule has 1 amide bonds. The number of carbonyl (C=O) groups excluding carboxylic acids is 1. The number of aromatic nitrogens is 2. The van der Waals surface area contributed by atoms with Crippen LogP contribution in [-0.4, -0.2) is 39.9 Å². The molecule has 1 fully saturated rings. The van der Waals surface area contributed by atoms with Crippen molar-refractivity contribution in [2.75, 3.05) is 18.4 Å². The van der Waals surface area contributed by atoms with E-state index in [0.717, 1.165) is 25.3 Å². The molecule has 0 aliphatic carbocycles. The van der Waals surface area contributed by atoms with E-state index < -0.39 is 0 Å². The molecule has 0 unspecified atom stereocenters. The predicted molar refractivity (Wildman–Crippen MR) is 83.4 cm³/mol. The van der Waals surface area contributed by atoms with Crippen molar-refractivity contribution in [1.82, 2.24) is 14.9 Å². The lowest BCUT2D eigenvalue weighted by Crippen LogP contribution is -2.57. The topological polar surface area (TPSA) is 58.1 Å². The Kier molecular flexibility index (Phi) is 4.15. The highest BCUT2D eigenvalue weighted by molar-refractivity contribution is 7.10. The van der Waals surface area contributed by atoms with Crippen molar-refractivity contribution in [1.29, 1.82) is 0 Å². The Balaban J connectivity index is 1.41. The van der Waals surface area contributed by atoms with E-state index in [0.29, 0.717) is 12.5 Å². The van der Waals surface area contributed by atoms with Gasteiger partial charge in [-0.1, -0.05) is 0 Å². The average Bonchev–Trinajstić information content (AvgIpc) is 2.86. The van der Waals surface area contributed by atoms with Crippen LogP contribution in [0.25, 0.3) is 0 Å². The molecule has 3 rings (SSSR count). The number of thiophene rings is 1. The Morgan fingerprint density at radius 2 is 2.33 bits per heavy atom. The lowest BCUT2D eigenvalue weighted by Gasteiger charge is -2.39. The Morgan fingerprint density at radius 3 is 3.00 bits per heavy atom. The average molecular weight is 302 g/mol. The smallest absolute Gasteiger partial charge is 0.223 e. The molecule has 0 radical (unpaired) electrons. The monoisotopic (exact) mass is 302 g/mol. The normalized spacial score (nSPS) is 14.8. The zero-order chi connectivity index (χ0) is 14.7. The molecule has 3 heterocycles. The number of hydrogen-bond donors (Lipinski definition) is 1. The zero-order valence-corrected chi connectivity index (χ0v) is 12.8. The summed E-state index contributed by atoms with van der Waals surface area (Å²) in [7, 11) is 0. The fourth-order valence-electron chi connectivity index (χ4n) is 2.40. The molecule has 1 aliphatic rings. The van der Waals surface area contributed by atoms with Gasteiger partial charge in [-0.2, -0.15) is 0 Å². The maximum atomic E-state index is 12.1. The van der Waals surface area contributed by atoms with E-state index in [9.17, 15) is 4.79 Å². The third-order valence-electron chi connectivity index (χ3n) is 3.70. The predicted octanol–water partition coefficient (Wildman–Crippen LogP) is 2.10. The largest absolute Gasteiger partial charge is 0.364 e. The van der Waals surface area contributed by atoms with E-state index in [1.54, 1.807) is 17.5 Å². The van der Waals surface area contributed by atoms with Crippen LogP contribution < -0.4 is 5.32 Å². The van der Waals surface area contributed by atoms with Crippen LogP contribution in [0, 0.1) is 6.92 Å². The Bertz CT molecular complexity index is 607. The number of rotatable bonds is 5. The van der Waals surface area contributed by atoms with Gasteiger partial charge >= 0.3 is 0 Å². The number of aryl methyl sites for hydroxylation is 2. The van der Waals surface area contributed by atoms with Gasteiger partial charge in [-0.15, -0.1) is 11.3 Å². The molecule has 1 aliphatic heterocycles. The van der Waals surface area contributed by atoms with E-state index >= 15 is 0 Å². The van der Waals surface area contributed by atoms with Gasteiger partial charge < -0.3 is 10.2 Å². The van der Waals surface area contributed by atoms with E-state index in [1.165, 1.54) is 16.8 Å². The second-order valence-corrected chi connectivity index (χ2v) is 6.26. The summed E-state index contributed by atoms with van der Waals surface area (Å²) in [6, 6.07) is 4.24. The molecule has 0 saturated carbocycles. The number of amides is 1. The molecule has 6 heteroatoms. The summed E-state index contributed by atoms with van der Waals surface area (Å²) in [6.07, 6.45) is 4.68. The fraction of sp³-hybridized carbons (Fsp3) is 0.400. The maximum absolute atomic E-state index is 12.1. The fourth-order valence-corrected chi connectivity index (χ4v) is 3.31. The highest BCUT2D eigenvalue weighted by Gasteiger charge is 2.30. The first kappa shape index (κ1) is 14.0. The molecule has 110 valence electrons. The molecule has 0 aromatic carbocycles. The lowest BCUT2D eigenvalue weighted by atomic mass is 10.1. The minimum absolute atomic E-state index is 0.239. The van der Waals surface area contributed by atoms with E-state index in [2.05, 4.69) is 33.7 Å². The number of likely N-dealkylation sites (tertiary alicyclic amines) is 1. The third-order valence-corrected chi connectivity index (χ3v) is 4.79. The first-order chi connectivity index (χ1) is 10.2. The Morgan fingerprint density at radius 1 is 1.48 bits per heavy atom. The minimum Gasteiger partial charge on any atom is -0.364 e. The van der Waals surface area contributed by atoms with Crippen LogP contribution in [0.1, 0.15) is 16.9 Å². The van der Waals surface area contributed by atoms with Crippen LogP contribution in [0.2, 0.25) is 0 Å². The second kappa shape index (κ2) is 6.22. The summed E-state index contributed by atoms with van der Waals surface area (Å²) in [5.41, 5.74) is 1.29. The molecule has 5 nitrogen and oxygen atoms in total. The van der Waals surface area contributed by atoms with Crippen LogP contribution in [-0.2, 0) is 11.2 Å². The van der Waals surface area contributed by atoms with Crippen molar-refractivity contribution in [3.05, 3.63) is 40.5 Å². The van der Waals surface area contributed by atoms with Gasteiger partial charge in [-0.25, -0.2) is 9.97 Å². The van der Waals surface area contributed by atoms with Gasteiger partial charge in [0.25, 0.3) is 0 Å². The molecule has 2 aromatic rings. The summed E-state index contributed by atoms with van der Waals surface area (Å²) >= 11 is 1.73. The summed E-state index contributed by atoms with van der Waals surface area (Å²) in [5.74, 6) is 1.06. The lowest BCUT2D eigenvalue weighted by molar-refractivity contribution is -0.135. The molecule has 1 N–H and O–H groups in total. The summed E-state index contributed by atoms with van der Waals surface area (Å²) in [6.45, 7) is 3.61. The van der Waals surface area contributed by atoms with Crippen molar-refractivity contribution in [3.8, 4) is 0 Å². The summed E-state index contributed by atoms with van der Waals surface area (Å²) < 4.78 is 0. The van der Waals surface area contributed by atoms with Gasteiger partial charge in [0.2, 0.25) is 5.91 Å². The van der Waals surface area contributed by atoms with E-state index in [1.807, 2.05) is 11.0 Å². The van der Waals surface area contributed by atoms with Crippen molar-refractivity contribution in [2.24, 2.45) is 0 Å². The first-order valence-corrected chi connectivity index (χ1v) is 7.93. The quantitative estimate of drug-likeness (QED) is 0.919. The Hall–Kier alpha value is -1.95. The first-order valence-electron chi connectivity index (χ1n) is 7.05. The maximum Gasteiger partial charge on any atom is 0.223 e. The van der Waals surface area contributed by atoms with Crippen molar-refractivity contribution < 1.29 is 4.79 Å². The molecule has 2 aromatic heterocycles. The van der Waals surface area contributed by atoms with Crippen molar-refractivity contribution in [3.63, 3.8) is 0 Å². The zero-order valence-electron chi connectivity index (χ0n) is 12.0. The van der Waals surface area contributed by atoms with E-state index in [-0.39, 0.29) is 5.91 Å². The number of nitrogens with one attached hydrogen (secondary N) is 1. The van der Waals surface area contributed by atoms with Crippen LogP contribution in [0.5, 0.6) is 0 Å². The molecule has 0 atom stereocenters. The molecule has 21 heavy (non-hydrogen) atoms. The van der Waals surface area contributed by atoms with Crippen molar-refractivity contribution in [2.45, 2.75) is 25.8 Å². The van der Waals surface area contributed by atoms with Gasteiger partial charge in [-0.3, -0.25) is 4.79 Å². The summed E-state index contributed by atoms with van der Waals surface area (Å²) in [5, 5.41) is 5.38. The van der Waals surface area contributed by atoms with Gasteiger partial charge in [0, 0.05) is 30.6 Å². The molecule has 1 saturated heterocycles. The highest BCUT2D eigenvalue weighted by atomic mass is 32.1. The minimum atomic E-state index is 0.239. The highest BCUT2D eigenvalue weighted by Crippen LogP contribution is 2.19. The second-order valence-electron chi connectivity index (χ2n) is 5.26. The SMILES string of the molecule is Cc1ccsc1CCC(=O)N1CC(Nc2ccncn2)C1. The third kappa shape index (κ3) is 3.39. The molecule has 0 spiro atoms. The van der Waals surface area contributed by atoms with E-state index in [4.69, 9.17) is 0 Å². The standard InChI is InChI=1S/C15H18N4OS/c1-11-5-7-21-13(11)2-3-15(20)19-8-12(9-19)18-14-4-6-16-10-17-14/h4-7,10,12H,2-3,8-9H2,1H3,(H,16,17,18). The number of anilines is 1. The number of carbonyl (C=O) groups is 1. The van der Waals surface area contributed by atoms with Gasteiger partial charge in [-0.05, 0) is 36.4 Å². The summed E-state index contributed by atoms with van der Waals surface area (Å²) in [4.78, 5) is 23.3. The van der Waals surface area contributed by atoms with Crippen LogP contribution in [0.3, 0.4) is 0 Å².